The molecular weight excluding hydrogens is 489 g/mol. The number of alkyl halides is 3. The second-order valence-corrected chi connectivity index (χ2v) is 11.1. The Morgan fingerprint density at radius 1 is 1.24 bits per heavy atom. The van der Waals surface area contributed by atoms with E-state index in [4.69, 9.17) is 4.84 Å². The zero-order valence-corrected chi connectivity index (χ0v) is 19.4. The maximum absolute atomic E-state index is 13.2. The van der Waals surface area contributed by atoms with E-state index in [0.717, 1.165) is 27.1 Å². The van der Waals surface area contributed by atoms with Crippen LogP contribution in [0.15, 0.2) is 40.9 Å². The number of nitrogens with zero attached hydrogens (tertiary/aromatic N) is 6. The zero-order chi connectivity index (χ0) is 24.6. The Balaban J connectivity index is 1.97. The average molecular weight is 511 g/mol. The normalized spacial score (nSPS) is 15.9. The molecule has 33 heavy (non-hydrogen) atoms. The van der Waals surface area contributed by atoms with Crippen LogP contribution < -0.4 is 0 Å². The van der Waals surface area contributed by atoms with Crippen LogP contribution in [0.5, 0.6) is 0 Å². The van der Waals surface area contributed by atoms with Crippen molar-refractivity contribution in [3.05, 3.63) is 41.7 Å². The SMILES string of the molecule is CO/N=C(\CN(C1CC1)S(=O)(=O)c1ncn(S(=O)(=O)N(C)C)n1)c1cccc(C(F)(F)F)c1. The first kappa shape index (κ1) is 25.1. The molecule has 182 valence electrons. The third-order valence-electron chi connectivity index (χ3n) is 4.67. The van der Waals surface area contributed by atoms with Crippen molar-refractivity contribution in [1.29, 1.82) is 0 Å². The fraction of sp³-hybridized carbons (Fsp3) is 0.471. The molecule has 0 N–H and O–H groups in total. The van der Waals surface area contributed by atoms with Crippen LogP contribution in [0.1, 0.15) is 24.0 Å². The molecule has 1 aromatic heterocycles. The van der Waals surface area contributed by atoms with Crippen molar-refractivity contribution in [3.63, 3.8) is 0 Å². The molecule has 1 saturated carbocycles. The fourth-order valence-corrected chi connectivity index (χ4v) is 5.02. The average Bonchev–Trinajstić information content (AvgIpc) is 3.42. The van der Waals surface area contributed by atoms with E-state index in [-0.39, 0.29) is 11.3 Å². The quantitative estimate of drug-likeness (QED) is 0.366. The van der Waals surface area contributed by atoms with Crippen molar-refractivity contribution < 1.29 is 34.8 Å². The Hall–Kier alpha value is -2.56. The van der Waals surface area contributed by atoms with Crippen LogP contribution in [-0.4, -0.2) is 79.1 Å². The van der Waals surface area contributed by atoms with E-state index in [1.54, 1.807) is 0 Å². The molecule has 0 unspecified atom stereocenters. The summed E-state index contributed by atoms with van der Waals surface area (Å²) in [5, 5.41) is 6.58. The molecule has 0 atom stereocenters. The van der Waals surface area contributed by atoms with Crippen LogP contribution >= 0.6 is 0 Å². The molecule has 0 spiro atoms. The van der Waals surface area contributed by atoms with Crippen molar-refractivity contribution in [1.82, 2.24) is 22.8 Å². The second-order valence-electron chi connectivity index (χ2n) is 7.27. The summed E-state index contributed by atoms with van der Waals surface area (Å²) in [7, 11) is -4.85. The molecule has 1 heterocycles. The van der Waals surface area contributed by atoms with Gasteiger partial charge in [0.15, 0.2) is 0 Å². The molecule has 1 aliphatic rings. The lowest BCUT2D eigenvalue weighted by molar-refractivity contribution is -0.137. The smallest absolute Gasteiger partial charge is 0.399 e. The lowest BCUT2D eigenvalue weighted by atomic mass is 10.1. The maximum atomic E-state index is 13.2. The van der Waals surface area contributed by atoms with Crippen LogP contribution in [-0.2, 0) is 31.2 Å². The van der Waals surface area contributed by atoms with Crippen LogP contribution in [0, 0.1) is 0 Å². The van der Waals surface area contributed by atoms with Gasteiger partial charge in [-0.25, -0.2) is 13.4 Å². The molecular formula is C17H21F3N6O5S2. The van der Waals surface area contributed by atoms with E-state index < -0.39 is 49.7 Å². The highest BCUT2D eigenvalue weighted by Crippen LogP contribution is 2.33. The summed E-state index contributed by atoms with van der Waals surface area (Å²) in [6.07, 6.45) is -2.85. The van der Waals surface area contributed by atoms with Gasteiger partial charge >= 0.3 is 16.4 Å². The van der Waals surface area contributed by atoms with Crippen molar-refractivity contribution in [2.45, 2.75) is 30.2 Å². The topological polar surface area (TPSA) is 127 Å². The van der Waals surface area contributed by atoms with Gasteiger partial charge in [-0.2, -0.15) is 30.2 Å². The Bertz CT molecular complexity index is 1250. The monoisotopic (exact) mass is 510 g/mol. The van der Waals surface area contributed by atoms with Gasteiger partial charge in [-0.05, 0) is 25.0 Å². The second kappa shape index (κ2) is 9.00. The van der Waals surface area contributed by atoms with E-state index in [2.05, 4.69) is 15.2 Å². The van der Waals surface area contributed by atoms with Crippen molar-refractivity contribution in [2.24, 2.45) is 5.16 Å². The number of hydrogen-bond acceptors (Lipinski definition) is 8. The van der Waals surface area contributed by atoms with Gasteiger partial charge in [-0.3, -0.25) is 0 Å². The zero-order valence-electron chi connectivity index (χ0n) is 17.8. The molecule has 1 aliphatic carbocycles. The molecule has 0 amide bonds. The standard InChI is InChI=1S/C17H21F3N6O5S2/c1-24(2)33(29,30)26-11-21-16(22-26)32(27,28)25(14-7-8-14)10-15(23-31-3)12-5-4-6-13(9-12)17(18,19)20/h4-6,9,11,14H,7-8,10H2,1-3H3/b23-15+. The van der Waals surface area contributed by atoms with Gasteiger partial charge in [0.2, 0.25) is 0 Å². The van der Waals surface area contributed by atoms with Crippen LogP contribution in [0.4, 0.5) is 13.2 Å². The van der Waals surface area contributed by atoms with Crippen molar-refractivity contribution >= 4 is 25.9 Å². The number of benzene rings is 1. The Morgan fingerprint density at radius 2 is 1.91 bits per heavy atom. The van der Waals surface area contributed by atoms with Gasteiger partial charge < -0.3 is 4.84 Å². The predicted octanol–water partition coefficient (Wildman–Crippen LogP) is 1.16. The van der Waals surface area contributed by atoms with Crippen molar-refractivity contribution in [3.8, 4) is 0 Å². The van der Waals surface area contributed by atoms with Gasteiger partial charge in [0.25, 0.3) is 15.2 Å². The van der Waals surface area contributed by atoms with Crippen LogP contribution in [0.2, 0.25) is 0 Å². The largest absolute Gasteiger partial charge is 0.416 e. The lowest BCUT2D eigenvalue weighted by Crippen LogP contribution is -2.38. The summed E-state index contributed by atoms with van der Waals surface area (Å²) in [5.74, 6) is 0. The van der Waals surface area contributed by atoms with Gasteiger partial charge in [-0.15, -0.1) is 9.19 Å². The Kier molecular flexibility index (Phi) is 6.84. The first-order chi connectivity index (χ1) is 15.3. The first-order valence-corrected chi connectivity index (χ1v) is 12.3. The minimum Gasteiger partial charge on any atom is -0.399 e. The van der Waals surface area contributed by atoms with Gasteiger partial charge in [0.1, 0.15) is 19.1 Å². The van der Waals surface area contributed by atoms with Gasteiger partial charge in [-0.1, -0.05) is 17.3 Å². The summed E-state index contributed by atoms with van der Waals surface area (Å²) in [4.78, 5) is 8.38. The molecule has 0 saturated heterocycles. The first-order valence-electron chi connectivity index (χ1n) is 9.42. The summed E-state index contributed by atoms with van der Waals surface area (Å²) in [6.45, 7) is -0.433. The molecule has 11 nitrogen and oxygen atoms in total. The fourth-order valence-electron chi connectivity index (χ4n) is 2.81. The minimum absolute atomic E-state index is 0.0150. The highest BCUT2D eigenvalue weighted by molar-refractivity contribution is 7.89. The summed E-state index contributed by atoms with van der Waals surface area (Å²) < 4.78 is 92.5. The summed E-state index contributed by atoms with van der Waals surface area (Å²) in [6, 6.07) is 3.77. The maximum Gasteiger partial charge on any atom is 0.416 e. The number of sulfonamides is 1. The highest BCUT2D eigenvalue weighted by atomic mass is 32.2. The third kappa shape index (κ3) is 5.34. The van der Waals surface area contributed by atoms with E-state index in [0.29, 0.717) is 16.9 Å². The molecule has 1 fully saturated rings. The highest BCUT2D eigenvalue weighted by Gasteiger charge is 2.41. The molecule has 0 aliphatic heterocycles. The number of oxime groups is 1. The number of hydrogen-bond donors (Lipinski definition) is 0. The van der Waals surface area contributed by atoms with Crippen molar-refractivity contribution in [2.75, 3.05) is 27.7 Å². The molecule has 1 aromatic carbocycles. The molecule has 2 aromatic rings. The summed E-state index contributed by atoms with van der Waals surface area (Å²) >= 11 is 0. The van der Waals surface area contributed by atoms with E-state index >= 15 is 0 Å². The molecule has 3 rings (SSSR count). The summed E-state index contributed by atoms with van der Waals surface area (Å²) in [5.41, 5.74) is -0.987. The van der Waals surface area contributed by atoms with Gasteiger partial charge in [0.05, 0.1) is 12.1 Å². The molecule has 0 bridgehead atoms. The third-order valence-corrected chi connectivity index (χ3v) is 7.94. The van der Waals surface area contributed by atoms with Gasteiger partial charge in [0, 0.05) is 25.7 Å². The Labute approximate surface area is 188 Å². The molecule has 0 radical (unpaired) electrons. The predicted molar refractivity (Wildman–Crippen MR) is 110 cm³/mol. The number of halogens is 3. The Morgan fingerprint density at radius 3 is 2.45 bits per heavy atom. The van der Waals surface area contributed by atoms with E-state index in [1.807, 2.05) is 0 Å². The lowest BCUT2D eigenvalue weighted by Gasteiger charge is -2.21. The number of rotatable bonds is 9. The van der Waals surface area contributed by atoms with E-state index in [9.17, 15) is 30.0 Å². The van der Waals surface area contributed by atoms with Crippen LogP contribution in [0.3, 0.4) is 0 Å². The molecule has 16 heteroatoms. The minimum atomic E-state index is -4.61. The van der Waals surface area contributed by atoms with E-state index in [1.165, 1.54) is 33.3 Å². The number of aromatic nitrogens is 3. The van der Waals surface area contributed by atoms with Crippen LogP contribution in [0.25, 0.3) is 0 Å².